The third-order valence-corrected chi connectivity index (χ3v) is 4.58. The van der Waals surface area contributed by atoms with E-state index in [9.17, 15) is 19.7 Å². The predicted octanol–water partition coefficient (Wildman–Crippen LogP) is 3.97. The third kappa shape index (κ3) is 6.98. The fourth-order valence-electron chi connectivity index (χ4n) is 2.78. The highest BCUT2D eigenvalue weighted by molar-refractivity contribution is 6.31. The van der Waals surface area contributed by atoms with E-state index in [0.29, 0.717) is 42.0 Å². The Balaban J connectivity index is 2.15. The minimum atomic E-state index is -0.494. The fraction of sp³-hybridized carbons (Fsp3) is 0.238. The molecule has 2 aromatic rings. The highest BCUT2D eigenvalue weighted by Gasteiger charge is 2.16. The van der Waals surface area contributed by atoms with Crippen molar-refractivity contribution in [1.82, 2.24) is 10.8 Å². The number of nitrogens with zero attached hydrogens (tertiary/aromatic N) is 1. The molecule has 8 nitrogen and oxygen atoms in total. The van der Waals surface area contributed by atoms with Gasteiger partial charge in [0.2, 0.25) is 5.91 Å². The van der Waals surface area contributed by atoms with Crippen molar-refractivity contribution >= 4 is 40.8 Å². The number of nitro benzene ring substituents is 1. The number of rotatable bonds is 10. The quantitative estimate of drug-likeness (QED) is 0.131. The van der Waals surface area contributed by atoms with Gasteiger partial charge in [-0.2, -0.15) is 0 Å². The third-order valence-electron chi connectivity index (χ3n) is 4.32. The van der Waals surface area contributed by atoms with Gasteiger partial charge in [0.15, 0.2) is 0 Å². The average Bonchev–Trinajstić information content (AvgIpc) is 2.75. The molecular weight excluding hydrogens is 410 g/mol. The number of para-hydroxylation sites is 1. The van der Waals surface area contributed by atoms with Crippen molar-refractivity contribution in [2.45, 2.75) is 25.7 Å². The second kappa shape index (κ2) is 11.7. The molecule has 2 rings (SSSR count). The van der Waals surface area contributed by atoms with Crippen molar-refractivity contribution in [3.8, 4) is 0 Å². The number of nitro groups is 1. The van der Waals surface area contributed by atoms with Crippen molar-refractivity contribution < 1.29 is 19.7 Å². The molecule has 3 N–H and O–H groups in total. The molecule has 0 saturated heterocycles. The van der Waals surface area contributed by atoms with Gasteiger partial charge < -0.3 is 5.32 Å². The monoisotopic (exact) mass is 431 g/mol. The van der Waals surface area contributed by atoms with E-state index in [0.717, 1.165) is 0 Å². The van der Waals surface area contributed by atoms with Crippen molar-refractivity contribution in [3.05, 3.63) is 74.8 Å². The van der Waals surface area contributed by atoms with E-state index in [1.165, 1.54) is 12.1 Å². The first-order chi connectivity index (χ1) is 14.4. The molecule has 9 heteroatoms. The van der Waals surface area contributed by atoms with Crippen LogP contribution in [0.15, 0.2) is 48.5 Å². The average molecular weight is 432 g/mol. The summed E-state index contributed by atoms with van der Waals surface area (Å²) >= 11 is 5.93. The van der Waals surface area contributed by atoms with Crippen LogP contribution in [0.2, 0.25) is 5.02 Å². The van der Waals surface area contributed by atoms with E-state index < -0.39 is 10.8 Å². The van der Waals surface area contributed by atoms with Crippen molar-refractivity contribution in [2.24, 2.45) is 0 Å². The van der Waals surface area contributed by atoms with Crippen LogP contribution in [-0.4, -0.2) is 28.5 Å². The molecule has 0 radical (unpaired) electrons. The van der Waals surface area contributed by atoms with E-state index in [4.69, 9.17) is 16.8 Å². The van der Waals surface area contributed by atoms with Crippen molar-refractivity contribution in [3.63, 3.8) is 0 Å². The highest BCUT2D eigenvalue weighted by atomic mass is 35.5. The lowest BCUT2D eigenvalue weighted by Gasteiger charge is -2.10. The van der Waals surface area contributed by atoms with Crippen LogP contribution >= 0.6 is 11.6 Å². The Bertz CT molecular complexity index is 928. The van der Waals surface area contributed by atoms with Crippen LogP contribution in [0.5, 0.6) is 0 Å². The Kier molecular flexibility index (Phi) is 8.99. The Labute approximate surface area is 178 Å². The molecule has 0 atom stereocenters. The van der Waals surface area contributed by atoms with Gasteiger partial charge in [-0.05, 0) is 42.7 Å². The van der Waals surface area contributed by atoms with Crippen molar-refractivity contribution in [1.29, 1.82) is 0 Å². The zero-order valence-electron chi connectivity index (χ0n) is 16.1. The van der Waals surface area contributed by atoms with E-state index >= 15 is 0 Å². The summed E-state index contributed by atoms with van der Waals surface area (Å²) in [7, 11) is 0. The van der Waals surface area contributed by atoms with Crippen LogP contribution in [0.4, 0.5) is 5.69 Å². The van der Waals surface area contributed by atoms with E-state index in [2.05, 4.69) is 5.32 Å². The number of carbonyl (C=O) groups is 2. The number of benzene rings is 2. The summed E-state index contributed by atoms with van der Waals surface area (Å²) in [5.41, 5.74) is 2.65. The maximum atomic E-state index is 12.8. The lowest BCUT2D eigenvalue weighted by atomic mass is 10.0. The van der Waals surface area contributed by atoms with Gasteiger partial charge in [-0.3, -0.25) is 24.9 Å². The number of halogens is 1. The van der Waals surface area contributed by atoms with Crippen molar-refractivity contribution in [2.75, 3.05) is 6.54 Å². The summed E-state index contributed by atoms with van der Waals surface area (Å²) in [6.07, 6.45) is 3.61. The molecule has 0 unspecified atom stereocenters. The molecule has 0 aliphatic carbocycles. The van der Waals surface area contributed by atoms with E-state index in [-0.39, 0.29) is 23.6 Å². The standard InChI is InChI=1S/C21H22ClN3O5/c22-17-11-9-15(10-12-17)18(14-16-6-3-4-7-19(16)25(29)30)21(27)23-13-5-1-2-8-20(26)24-28/h3-4,6-7,9-12,14,28H,1-2,5,8,13H2,(H,23,27)(H,24,26)/b18-14+. The predicted molar refractivity (Wildman–Crippen MR) is 114 cm³/mol. The van der Waals surface area contributed by atoms with Crippen LogP contribution in [0.25, 0.3) is 11.6 Å². The van der Waals surface area contributed by atoms with E-state index in [1.54, 1.807) is 47.9 Å². The van der Waals surface area contributed by atoms with Gasteiger partial charge in [-0.15, -0.1) is 0 Å². The summed E-state index contributed by atoms with van der Waals surface area (Å²) in [5.74, 6) is -0.819. The van der Waals surface area contributed by atoms with Gasteiger partial charge in [0.25, 0.3) is 11.6 Å². The zero-order chi connectivity index (χ0) is 21.9. The number of hydrogen-bond acceptors (Lipinski definition) is 5. The summed E-state index contributed by atoms with van der Waals surface area (Å²) < 4.78 is 0. The Morgan fingerprint density at radius 3 is 2.43 bits per heavy atom. The number of amides is 2. The Hall–Kier alpha value is -3.23. The number of unbranched alkanes of at least 4 members (excludes halogenated alkanes) is 2. The summed E-state index contributed by atoms with van der Waals surface area (Å²) in [6.45, 7) is 0.376. The molecule has 158 valence electrons. The van der Waals surface area contributed by atoms with Crippen LogP contribution < -0.4 is 10.8 Å². The molecule has 0 aliphatic rings. The first-order valence-corrected chi connectivity index (χ1v) is 9.72. The molecule has 0 saturated carbocycles. The minimum absolute atomic E-state index is 0.0982. The molecule has 0 aromatic heterocycles. The fourth-order valence-corrected chi connectivity index (χ4v) is 2.91. The smallest absolute Gasteiger partial charge is 0.276 e. The zero-order valence-corrected chi connectivity index (χ0v) is 16.9. The van der Waals surface area contributed by atoms with Crippen LogP contribution in [0.3, 0.4) is 0 Å². The maximum Gasteiger partial charge on any atom is 0.276 e. The van der Waals surface area contributed by atoms with Crippen LogP contribution in [0, 0.1) is 10.1 Å². The molecule has 0 fully saturated rings. The van der Waals surface area contributed by atoms with Gasteiger partial charge in [-0.25, -0.2) is 5.48 Å². The second-order valence-corrected chi connectivity index (χ2v) is 6.92. The molecule has 2 amide bonds. The summed E-state index contributed by atoms with van der Waals surface area (Å²) in [5, 5.41) is 23.1. The molecule has 0 spiro atoms. The van der Waals surface area contributed by atoms with Crippen LogP contribution in [0.1, 0.15) is 36.8 Å². The van der Waals surface area contributed by atoms with Crippen LogP contribution in [-0.2, 0) is 9.59 Å². The van der Waals surface area contributed by atoms with Gasteiger partial charge in [0, 0.05) is 29.6 Å². The normalized spacial score (nSPS) is 11.1. The molecular formula is C21H22ClN3O5. The molecule has 0 bridgehead atoms. The first-order valence-electron chi connectivity index (χ1n) is 9.34. The number of nitrogens with one attached hydrogen (secondary N) is 2. The van der Waals surface area contributed by atoms with Gasteiger partial charge in [-0.1, -0.05) is 42.3 Å². The number of carbonyl (C=O) groups excluding carboxylic acids is 2. The molecule has 0 aliphatic heterocycles. The lowest BCUT2D eigenvalue weighted by molar-refractivity contribution is -0.385. The van der Waals surface area contributed by atoms with Gasteiger partial charge in [0.1, 0.15) is 0 Å². The van der Waals surface area contributed by atoms with E-state index in [1.807, 2.05) is 0 Å². The minimum Gasteiger partial charge on any atom is -0.352 e. The Morgan fingerprint density at radius 1 is 1.07 bits per heavy atom. The summed E-state index contributed by atoms with van der Waals surface area (Å²) in [6, 6.07) is 12.8. The number of hydroxylamine groups is 1. The topological polar surface area (TPSA) is 122 Å². The molecule has 0 heterocycles. The number of hydrogen-bond donors (Lipinski definition) is 3. The second-order valence-electron chi connectivity index (χ2n) is 6.48. The Morgan fingerprint density at radius 2 is 1.77 bits per heavy atom. The van der Waals surface area contributed by atoms with Gasteiger partial charge >= 0.3 is 0 Å². The molecule has 2 aromatic carbocycles. The summed E-state index contributed by atoms with van der Waals surface area (Å²) in [4.78, 5) is 34.6. The SMILES string of the molecule is O=C(CCCCCNC(=O)/C(=C/c1ccccc1[N+](=O)[O-])c1ccc(Cl)cc1)NO. The maximum absolute atomic E-state index is 12.8. The highest BCUT2D eigenvalue weighted by Crippen LogP contribution is 2.25. The lowest BCUT2D eigenvalue weighted by Crippen LogP contribution is -2.25. The first kappa shape index (κ1) is 23.1. The van der Waals surface area contributed by atoms with Gasteiger partial charge in [0.05, 0.1) is 10.5 Å². The molecule has 30 heavy (non-hydrogen) atoms. The largest absolute Gasteiger partial charge is 0.352 e.